The van der Waals surface area contributed by atoms with Gasteiger partial charge in [-0.15, -0.1) is 0 Å². The van der Waals surface area contributed by atoms with Crippen LogP contribution in [0.15, 0.2) is 54.4 Å². The number of hydrogen-bond acceptors (Lipinski definition) is 5. The quantitative estimate of drug-likeness (QED) is 0.390. The van der Waals surface area contributed by atoms with Crippen molar-refractivity contribution in [2.24, 2.45) is 17.5 Å². The number of amides is 1. The maximum atomic E-state index is 12.3. The van der Waals surface area contributed by atoms with Crippen LogP contribution in [0.4, 0.5) is 0 Å². The lowest BCUT2D eigenvalue weighted by atomic mass is 9.85. The SMILES string of the molecule is CN(N)/C(CNC(=O)CCCc1ccccc1)=C(\N)c1ccc(CC2CCCCC2)cn1. The first-order chi connectivity index (χ1) is 15.5. The number of likely N-dealkylation sites (N-methyl/N-ethyl adjacent to an activating group) is 1. The molecule has 0 radical (unpaired) electrons. The Morgan fingerprint density at radius 2 is 1.84 bits per heavy atom. The normalized spacial score (nSPS) is 15.2. The van der Waals surface area contributed by atoms with E-state index in [2.05, 4.69) is 28.5 Å². The van der Waals surface area contributed by atoms with Crippen molar-refractivity contribution in [3.63, 3.8) is 0 Å². The number of aryl methyl sites for hydroxylation is 1. The van der Waals surface area contributed by atoms with Gasteiger partial charge in [-0.3, -0.25) is 9.78 Å². The number of hydrazine groups is 1. The van der Waals surface area contributed by atoms with Gasteiger partial charge >= 0.3 is 0 Å². The van der Waals surface area contributed by atoms with E-state index < -0.39 is 0 Å². The van der Waals surface area contributed by atoms with Gasteiger partial charge in [0, 0.05) is 19.7 Å². The summed E-state index contributed by atoms with van der Waals surface area (Å²) in [4.78, 5) is 16.9. The average Bonchev–Trinajstić information content (AvgIpc) is 2.81. The van der Waals surface area contributed by atoms with E-state index in [1.54, 1.807) is 7.05 Å². The van der Waals surface area contributed by atoms with Crippen LogP contribution in [-0.4, -0.2) is 29.5 Å². The van der Waals surface area contributed by atoms with Crippen molar-refractivity contribution in [3.8, 4) is 0 Å². The Morgan fingerprint density at radius 3 is 2.50 bits per heavy atom. The number of aromatic nitrogens is 1. The molecule has 2 aromatic rings. The minimum absolute atomic E-state index is 0.0103. The van der Waals surface area contributed by atoms with Crippen molar-refractivity contribution in [1.29, 1.82) is 0 Å². The Kier molecular flexibility index (Phi) is 9.11. The van der Waals surface area contributed by atoms with Gasteiger partial charge in [0.05, 0.1) is 23.6 Å². The molecule has 1 aliphatic rings. The monoisotopic (exact) mass is 435 g/mol. The second-order valence-electron chi connectivity index (χ2n) is 8.85. The Hall–Kier alpha value is -2.86. The largest absolute Gasteiger partial charge is 0.395 e. The van der Waals surface area contributed by atoms with E-state index in [0.29, 0.717) is 23.5 Å². The number of nitrogens with zero attached hydrogens (tertiary/aromatic N) is 2. The molecule has 172 valence electrons. The van der Waals surface area contributed by atoms with Gasteiger partial charge in [-0.2, -0.15) is 0 Å². The summed E-state index contributed by atoms with van der Waals surface area (Å²) in [5.74, 6) is 6.77. The third kappa shape index (κ3) is 7.38. The molecule has 1 aromatic heterocycles. The Morgan fingerprint density at radius 1 is 1.09 bits per heavy atom. The Bertz CT molecular complexity index is 871. The van der Waals surface area contributed by atoms with E-state index in [4.69, 9.17) is 11.6 Å². The molecule has 0 aliphatic heterocycles. The molecular weight excluding hydrogens is 398 g/mol. The lowest BCUT2D eigenvalue weighted by Crippen LogP contribution is -2.36. The van der Waals surface area contributed by atoms with E-state index in [9.17, 15) is 4.79 Å². The molecule has 1 fully saturated rings. The highest BCUT2D eigenvalue weighted by molar-refractivity contribution is 5.76. The Balaban J connectivity index is 1.53. The van der Waals surface area contributed by atoms with Gasteiger partial charge in [-0.1, -0.05) is 68.5 Å². The standard InChI is InChI=1S/C26H37N5O/c1-31(28)24(19-30-25(32)14-8-13-20-9-4-2-5-10-20)26(27)23-16-15-22(18-29-23)17-21-11-6-3-7-12-21/h2,4-5,9-10,15-16,18,21H,3,6-8,11-14,17,19,27-28H2,1H3,(H,30,32)/b26-24-. The summed E-state index contributed by atoms with van der Waals surface area (Å²) >= 11 is 0. The number of nitrogens with two attached hydrogens (primary N) is 2. The molecule has 32 heavy (non-hydrogen) atoms. The fraction of sp³-hybridized carbons (Fsp3) is 0.462. The predicted octanol–water partition coefficient (Wildman–Crippen LogP) is 3.78. The first-order valence-electron chi connectivity index (χ1n) is 11.8. The highest BCUT2D eigenvalue weighted by atomic mass is 16.1. The van der Waals surface area contributed by atoms with Gasteiger partial charge < -0.3 is 16.1 Å². The van der Waals surface area contributed by atoms with Crippen molar-refractivity contribution >= 4 is 11.6 Å². The lowest BCUT2D eigenvalue weighted by molar-refractivity contribution is -0.121. The van der Waals surface area contributed by atoms with E-state index in [-0.39, 0.29) is 12.5 Å². The van der Waals surface area contributed by atoms with Gasteiger partial charge in [0.25, 0.3) is 0 Å². The maximum absolute atomic E-state index is 12.3. The Labute approximate surface area is 192 Å². The highest BCUT2D eigenvalue weighted by Crippen LogP contribution is 2.27. The van der Waals surface area contributed by atoms with Crippen LogP contribution in [0.25, 0.3) is 5.70 Å². The summed E-state index contributed by atoms with van der Waals surface area (Å²) < 4.78 is 0. The van der Waals surface area contributed by atoms with Gasteiger partial charge in [0.15, 0.2) is 0 Å². The zero-order valence-electron chi connectivity index (χ0n) is 19.2. The van der Waals surface area contributed by atoms with E-state index in [0.717, 1.165) is 25.2 Å². The van der Waals surface area contributed by atoms with E-state index in [1.807, 2.05) is 30.5 Å². The van der Waals surface area contributed by atoms with Crippen LogP contribution in [0.2, 0.25) is 0 Å². The van der Waals surface area contributed by atoms with Crippen LogP contribution in [0.1, 0.15) is 61.8 Å². The second-order valence-corrected chi connectivity index (χ2v) is 8.85. The number of nitrogens with one attached hydrogen (secondary N) is 1. The average molecular weight is 436 g/mol. The number of hydrogen-bond donors (Lipinski definition) is 3. The molecule has 1 aliphatic carbocycles. The van der Waals surface area contributed by atoms with Gasteiger partial charge in [0.1, 0.15) is 0 Å². The zero-order chi connectivity index (χ0) is 22.8. The van der Waals surface area contributed by atoms with E-state index in [1.165, 1.54) is 48.2 Å². The molecular formula is C26H37N5O. The molecule has 1 heterocycles. The van der Waals surface area contributed by atoms with Crippen LogP contribution >= 0.6 is 0 Å². The summed E-state index contributed by atoms with van der Waals surface area (Å²) in [7, 11) is 1.72. The molecule has 0 unspecified atom stereocenters. The van der Waals surface area contributed by atoms with Gasteiger partial charge in [0.2, 0.25) is 5.91 Å². The smallest absolute Gasteiger partial charge is 0.220 e. The number of carbonyl (C=O) groups excluding carboxylic acids is 1. The summed E-state index contributed by atoms with van der Waals surface area (Å²) in [5.41, 5.74) is 10.7. The molecule has 1 saturated carbocycles. The molecule has 3 rings (SSSR count). The highest BCUT2D eigenvalue weighted by Gasteiger charge is 2.15. The molecule has 0 atom stereocenters. The van der Waals surface area contributed by atoms with Gasteiger partial charge in [-0.05, 0) is 42.4 Å². The first-order valence-corrected chi connectivity index (χ1v) is 11.8. The summed E-state index contributed by atoms with van der Waals surface area (Å²) in [6, 6.07) is 14.3. The van der Waals surface area contributed by atoms with Crippen LogP contribution in [0, 0.1) is 5.92 Å². The number of rotatable bonds is 10. The fourth-order valence-electron chi connectivity index (χ4n) is 4.36. The number of carbonyl (C=O) groups is 1. The zero-order valence-corrected chi connectivity index (χ0v) is 19.2. The lowest BCUT2D eigenvalue weighted by Gasteiger charge is -2.22. The van der Waals surface area contributed by atoms with Crippen molar-refractivity contribution in [1.82, 2.24) is 15.3 Å². The molecule has 0 spiro atoms. The molecule has 1 aromatic carbocycles. The summed E-state index contributed by atoms with van der Waals surface area (Å²) in [6.45, 7) is 0.272. The van der Waals surface area contributed by atoms with Crippen molar-refractivity contribution in [2.75, 3.05) is 13.6 Å². The van der Waals surface area contributed by atoms with Crippen LogP contribution in [-0.2, 0) is 17.6 Å². The topological polar surface area (TPSA) is 97.3 Å². The molecule has 0 bridgehead atoms. The van der Waals surface area contributed by atoms with Gasteiger partial charge in [-0.25, -0.2) is 5.84 Å². The number of pyridine rings is 1. The maximum Gasteiger partial charge on any atom is 0.220 e. The minimum atomic E-state index is -0.0103. The van der Waals surface area contributed by atoms with Crippen LogP contribution < -0.4 is 16.9 Å². The van der Waals surface area contributed by atoms with Crippen LogP contribution in [0.5, 0.6) is 0 Å². The first kappa shape index (κ1) is 23.8. The van der Waals surface area contributed by atoms with E-state index >= 15 is 0 Å². The second kappa shape index (κ2) is 12.2. The minimum Gasteiger partial charge on any atom is -0.395 e. The molecule has 1 amide bonds. The van der Waals surface area contributed by atoms with Crippen molar-refractivity contribution in [3.05, 3.63) is 71.2 Å². The predicted molar refractivity (Wildman–Crippen MR) is 130 cm³/mol. The molecule has 0 saturated heterocycles. The van der Waals surface area contributed by atoms with Crippen LogP contribution in [0.3, 0.4) is 0 Å². The number of benzene rings is 1. The molecule has 6 heteroatoms. The summed E-state index contributed by atoms with van der Waals surface area (Å²) in [5, 5.41) is 4.40. The van der Waals surface area contributed by atoms with Crippen molar-refractivity contribution < 1.29 is 4.79 Å². The molecule has 6 nitrogen and oxygen atoms in total. The van der Waals surface area contributed by atoms with Crippen molar-refractivity contribution in [2.45, 2.75) is 57.8 Å². The summed E-state index contributed by atoms with van der Waals surface area (Å²) in [6.07, 6.45) is 11.8. The molecule has 5 N–H and O–H groups in total. The fourth-order valence-corrected chi connectivity index (χ4v) is 4.36. The third-order valence-corrected chi connectivity index (χ3v) is 6.25. The third-order valence-electron chi connectivity index (χ3n) is 6.25.